The third-order valence-electron chi connectivity index (χ3n) is 2.34. The molecule has 1 aromatic carbocycles. The molecule has 0 radical (unpaired) electrons. The summed E-state index contributed by atoms with van der Waals surface area (Å²) < 4.78 is 1.24. The van der Waals surface area contributed by atoms with Gasteiger partial charge in [-0.1, -0.05) is 28.1 Å². The summed E-state index contributed by atoms with van der Waals surface area (Å²) in [4.78, 5) is 0. The van der Waals surface area contributed by atoms with Crippen LogP contribution in [0.2, 0.25) is 0 Å². The maximum absolute atomic E-state index is 5.48. The lowest BCUT2D eigenvalue weighted by Gasteiger charge is -2.09. The van der Waals surface area contributed by atoms with Crippen LogP contribution in [0.4, 0.5) is 0 Å². The summed E-state index contributed by atoms with van der Waals surface area (Å²) in [5.41, 5.74) is 9.54. The van der Waals surface area contributed by atoms with E-state index in [0.29, 0.717) is 0 Å². The van der Waals surface area contributed by atoms with Crippen molar-refractivity contribution in [2.75, 3.05) is 6.54 Å². The highest BCUT2D eigenvalue weighted by Gasteiger charge is 2.03. The van der Waals surface area contributed by atoms with E-state index in [1.165, 1.54) is 21.2 Å². The zero-order valence-corrected chi connectivity index (χ0v) is 9.82. The Morgan fingerprint density at radius 3 is 2.62 bits per heavy atom. The largest absolute Gasteiger partial charge is 0.330 e. The van der Waals surface area contributed by atoms with E-state index < -0.39 is 0 Å². The van der Waals surface area contributed by atoms with E-state index in [2.05, 4.69) is 41.9 Å². The van der Waals surface area contributed by atoms with E-state index in [0.717, 1.165) is 19.4 Å². The quantitative estimate of drug-likeness (QED) is 0.866. The molecule has 0 aliphatic heterocycles. The van der Waals surface area contributed by atoms with Crippen molar-refractivity contribution in [3.8, 4) is 0 Å². The predicted octanol–water partition coefficient (Wildman–Crippen LogP) is 2.96. The topological polar surface area (TPSA) is 26.0 Å². The highest BCUT2D eigenvalue weighted by Crippen LogP contribution is 2.24. The normalized spacial score (nSPS) is 10.5. The summed E-state index contributed by atoms with van der Waals surface area (Å²) in [6.07, 6.45) is 2.15. The molecular weight excluding hydrogens is 226 g/mol. The van der Waals surface area contributed by atoms with Gasteiger partial charge in [0.15, 0.2) is 0 Å². The summed E-state index contributed by atoms with van der Waals surface area (Å²) in [5, 5.41) is 0. The molecular formula is C11H16BrN. The lowest BCUT2D eigenvalue weighted by Crippen LogP contribution is -2.01. The van der Waals surface area contributed by atoms with Crippen molar-refractivity contribution in [1.29, 1.82) is 0 Å². The molecule has 0 saturated carbocycles. The Labute approximate surface area is 88.5 Å². The Hall–Kier alpha value is -0.340. The number of hydrogen-bond donors (Lipinski definition) is 1. The first-order valence-electron chi connectivity index (χ1n) is 4.61. The second kappa shape index (κ2) is 4.77. The second-order valence-corrected chi connectivity index (χ2v) is 4.17. The van der Waals surface area contributed by atoms with E-state index in [-0.39, 0.29) is 0 Å². The molecule has 0 amide bonds. The first-order chi connectivity index (χ1) is 6.16. The molecule has 2 heteroatoms. The average molecular weight is 242 g/mol. The van der Waals surface area contributed by atoms with Gasteiger partial charge in [0.2, 0.25) is 0 Å². The molecule has 0 heterocycles. The minimum absolute atomic E-state index is 0.769. The van der Waals surface area contributed by atoms with Gasteiger partial charge < -0.3 is 5.73 Å². The summed E-state index contributed by atoms with van der Waals surface area (Å²) in [7, 11) is 0. The molecule has 13 heavy (non-hydrogen) atoms. The van der Waals surface area contributed by atoms with Gasteiger partial charge in [0.05, 0.1) is 0 Å². The number of hydrogen-bond acceptors (Lipinski definition) is 1. The maximum Gasteiger partial charge on any atom is 0.0236 e. The average Bonchev–Trinajstić information content (AvgIpc) is 2.13. The zero-order chi connectivity index (χ0) is 9.84. The van der Waals surface area contributed by atoms with E-state index in [9.17, 15) is 0 Å². The lowest BCUT2D eigenvalue weighted by molar-refractivity contribution is 0.826. The highest BCUT2D eigenvalue weighted by molar-refractivity contribution is 9.10. The van der Waals surface area contributed by atoms with Crippen LogP contribution in [0.25, 0.3) is 0 Å². The van der Waals surface area contributed by atoms with Crippen molar-refractivity contribution in [1.82, 2.24) is 0 Å². The molecule has 0 aliphatic carbocycles. The zero-order valence-electron chi connectivity index (χ0n) is 8.23. The minimum atomic E-state index is 0.769. The molecule has 0 aromatic heterocycles. The summed E-state index contributed by atoms with van der Waals surface area (Å²) in [6.45, 7) is 5.04. The van der Waals surface area contributed by atoms with Gasteiger partial charge in [0.1, 0.15) is 0 Å². The van der Waals surface area contributed by atoms with Crippen molar-refractivity contribution in [3.05, 3.63) is 33.3 Å². The molecule has 0 fully saturated rings. The molecule has 1 aromatic rings. The third-order valence-corrected chi connectivity index (χ3v) is 3.56. The standard InChI is InChI=1S/C11H16BrN/c1-8-5-6-10(4-3-7-13)9(2)11(8)12/h5-6H,3-4,7,13H2,1-2H3. The van der Waals surface area contributed by atoms with E-state index in [1.54, 1.807) is 0 Å². The van der Waals surface area contributed by atoms with Crippen LogP contribution in [-0.4, -0.2) is 6.54 Å². The molecule has 1 nitrogen and oxygen atoms in total. The van der Waals surface area contributed by atoms with Gasteiger partial charge in [-0.15, -0.1) is 0 Å². The molecule has 72 valence electrons. The van der Waals surface area contributed by atoms with Gasteiger partial charge in [0, 0.05) is 4.47 Å². The molecule has 0 saturated heterocycles. The monoisotopic (exact) mass is 241 g/mol. The third kappa shape index (κ3) is 2.55. The van der Waals surface area contributed by atoms with Gasteiger partial charge in [-0.3, -0.25) is 0 Å². The fraction of sp³-hybridized carbons (Fsp3) is 0.455. The van der Waals surface area contributed by atoms with Crippen LogP contribution in [-0.2, 0) is 6.42 Å². The Bertz CT molecular complexity index is 294. The van der Waals surface area contributed by atoms with Gasteiger partial charge >= 0.3 is 0 Å². The summed E-state index contributed by atoms with van der Waals surface area (Å²) in [6, 6.07) is 4.36. The van der Waals surface area contributed by atoms with Crippen LogP contribution < -0.4 is 5.73 Å². The van der Waals surface area contributed by atoms with Gasteiger partial charge in [-0.05, 0) is 49.9 Å². The molecule has 0 spiro atoms. The van der Waals surface area contributed by atoms with Gasteiger partial charge in [0.25, 0.3) is 0 Å². The number of rotatable bonds is 3. The highest BCUT2D eigenvalue weighted by atomic mass is 79.9. The van der Waals surface area contributed by atoms with E-state index in [4.69, 9.17) is 5.73 Å². The van der Waals surface area contributed by atoms with Crippen LogP contribution in [0, 0.1) is 13.8 Å². The summed E-state index contributed by atoms with van der Waals surface area (Å²) >= 11 is 3.59. The number of halogens is 1. The minimum Gasteiger partial charge on any atom is -0.330 e. The Kier molecular flexibility index (Phi) is 3.94. The SMILES string of the molecule is Cc1ccc(CCCN)c(C)c1Br. The van der Waals surface area contributed by atoms with Crippen LogP contribution >= 0.6 is 15.9 Å². The van der Waals surface area contributed by atoms with E-state index >= 15 is 0 Å². The number of nitrogens with two attached hydrogens (primary N) is 1. The predicted molar refractivity (Wildman–Crippen MR) is 61.0 cm³/mol. The van der Waals surface area contributed by atoms with Crippen LogP contribution in [0.15, 0.2) is 16.6 Å². The maximum atomic E-state index is 5.48. The number of aryl methyl sites for hydroxylation is 2. The van der Waals surface area contributed by atoms with Crippen molar-refractivity contribution in [2.24, 2.45) is 5.73 Å². The first kappa shape index (κ1) is 10.7. The van der Waals surface area contributed by atoms with Gasteiger partial charge in [-0.2, -0.15) is 0 Å². The fourth-order valence-electron chi connectivity index (χ4n) is 1.42. The van der Waals surface area contributed by atoms with Crippen molar-refractivity contribution in [2.45, 2.75) is 26.7 Å². The molecule has 0 aliphatic rings. The fourth-order valence-corrected chi connectivity index (χ4v) is 1.81. The summed E-state index contributed by atoms with van der Waals surface area (Å²) in [5.74, 6) is 0. The first-order valence-corrected chi connectivity index (χ1v) is 5.40. The van der Waals surface area contributed by atoms with Crippen molar-refractivity contribution < 1.29 is 0 Å². The van der Waals surface area contributed by atoms with Crippen molar-refractivity contribution in [3.63, 3.8) is 0 Å². The van der Waals surface area contributed by atoms with Gasteiger partial charge in [-0.25, -0.2) is 0 Å². The number of benzene rings is 1. The van der Waals surface area contributed by atoms with Crippen molar-refractivity contribution >= 4 is 15.9 Å². The van der Waals surface area contributed by atoms with Crippen LogP contribution in [0.5, 0.6) is 0 Å². The molecule has 0 atom stereocenters. The smallest absolute Gasteiger partial charge is 0.0236 e. The Morgan fingerprint density at radius 2 is 2.00 bits per heavy atom. The van der Waals surface area contributed by atoms with Crippen LogP contribution in [0.3, 0.4) is 0 Å². The molecule has 0 bridgehead atoms. The second-order valence-electron chi connectivity index (χ2n) is 3.37. The molecule has 1 rings (SSSR count). The lowest BCUT2D eigenvalue weighted by atomic mass is 10.0. The molecule has 0 unspecified atom stereocenters. The molecule has 2 N–H and O–H groups in total. The van der Waals surface area contributed by atoms with E-state index in [1.807, 2.05) is 0 Å². The Balaban J connectivity index is 2.90. The Morgan fingerprint density at radius 1 is 1.31 bits per heavy atom. The van der Waals surface area contributed by atoms with Crippen LogP contribution in [0.1, 0.15) is 23.1 Å².